The van der Waals surface area contributed by atoms with Crippen LogP contribution in [0.15, 0.2) is 18.2 Å². The lowest BCUT2D eigenvalue weighted by Gasteiger charge is -2.24. The van der Waals surface area contributed by atoms with Crippen LogP contribution in [0.25, 0.3) is 0 Å². The minimum absolute atomic E-state index is 0.0223. The van der Waals surface area contributed by atoms with E-state index in [4.69, 9.17) is 16.3 Å². The molecule has 0 saturated carbocycles. The zero-order valence-corrected chi connectivity index (χ0v) is 13.8. The average molecular weight is 300 g/mol. The van der Waals surface area contributed by atoms with Gasteiger partial charge >= 0.3 is 0 Å². The van der Waals surface area contributed by atoms with Crippen molar-refractivity contribution in [2.45, 2.75) is 58.7 Å². The second kappa shape index (κ2) is 6.79. The van der Waals surface area contributed by atoms with E-state index in [1.54, 1.807) is 13.0 Å². The molecule has 0 aromatic heterocycles. The van der Waals surface area contributed by atoms with E-state index in [9.17, 15) is 5.11 Å². The fourth-order valence-corrected chi connectivity index (χ4v) is 1.72. The molecule has 1 unspecified atom stereocenters. The number of benzene rings is 1. The number of nitrogens with one attached hydrogen (secondary N) is 1. The van der Waals surface area contributed by atoms with E-state index in [-0.39, 0.29) is 12.1 Å². The van der Waals surface area contributed by atoms with E-state index in [0.29, 0.717) is 18.0 Å². The Morgan fingerprint density at radius 1 is 1.25 bits per heavy atom. The summed E-state index contributed by atoms with van der Waals surface area (Å²) in [6.07, 6.45) is 0.649. The van der Waals surface area contributed by atoms with Crippen LogP contribution in [0.3, 0.4) is 0 Å². The number of aliphatic hydroxyl groups is 1. The zero-order valence-electron chi connectivity index (χ0n) is 13.1. The molecule has 3 nitrogen and oxygen atoms in total. The van der Waals surface area contributed by atoms with E-state index in [0.717, 1.165) is 11.3 Å². The second-order valence-corrected chi connectivity index (χ2v) is 6.93. The molecule has 0 heterocycles. The largest absolute Gasteiger partial charge is 0.490 e. The average Bonchev–Trinajstić information content (AvgIpc) is 2.34. The molecule has 2 N–H and O–H groups in total. The van der Waals surface area contributed by atoms with Crippen molar-refractivity contribution in [1.82, 2.24) is 5.32 Å². The highest BCUT2D eigenvalue weighted by atomic mass is 35.5. The third kappa shape index (κ3) is 6.12. The van der Waals surface area contributed by atoms with Crippen LogP contribution in [0.4, 0.5) is 0 Å². The van der Waals surface area contributed by atoms with Crippen LogP contribution in [-0.2, 0) is 6.54 Å². The number of halogens is 1. The molecule has 1 aromatic carbocycles. The smallest absolute Gasteiger partial charge is 0.124 e. The molecule has 0 aliphatic carbocycles. The molecule has 0 saturated heterocycles. The van der Waals surface area contributed by atoms with Gasteiger partial charge in [0.25, 0.3) is 0 Å². The maximum Gasteiger partial charge on any atom is 0.124 e. The number of hydrogen-bond donors (Lipinski definition) is 2. The van der Waals surface area contributed by atoms with E-state index >= 15 is 0 Å². The van der Waals surface area contributed by atoms with Crippen molar-refractivity contribution in [2.75, 3.05) is 6.61 Å². The van der Waals surface area contributed by atoms with Crippen LogP contribution in [-0.4, -0.2) is 22.9 Å². The van der Waals surface area contributed by atoms with E-state index in [1.165, 1.54) is 0 Å². The summed E-state index contributed by atoms with van der Waals surface area (Å²) in [5, 5.41) is 14.1. The predicted molar refractivity (Wildman–Crippen MR) is 84.5 cm³/mol. The molecule has 0 radical (unpaired) electrons. The van der Waals surface area contributed by atoms with E-state index in [2.05, 4.69) is 26.1 Å². The molecule has 0 aliphatic heterocycles. The van der Waals surface area contributed by atoms with Gasteiger partial charge in [-0.15, -0.1) is 0 Å². The van der Waals surface area contributed by atoms with Gasteiger partial charge in [0.2, 0.25) is 0 Å². The van der Waals surface area contributed by atoms with Gasteiger partial charge < -0.3 is 15.2 Å². The summed E-state index contributed by atoms with van der Waals surface area (Å²) in [7, 11) is 0. The number of ether oxygens (including phenoxy) is 1. The molecule has 1 aromatic rings. The Hall–Kier alpha value is -0.770. The van der Waals surface area contributed by atoms with Crippen molar-refractivity contribution >= 4 is 11.6 Å². The topological polar surface area (TPSA) is 41.5 Å². The molecule has 1 rings (SSSR count). The fraction of sp³-hybridized carbons (Fsp3) is 0.625. The highest BCUT2D eigenvalue weighted by Crippen LogP contribution is 2.25. The van der Waals surface area contributed by atoms with Crippen molar-refractivity contribution in [3.8, 4) is 5.75 Å². The minimum atomic E-state index is -0.811. The Labute approximate surface area is 127 Å². The lowest BCUT2D eigenvalue weighted by atomic mass is 10.1. The summed E-state index contributed by atoms with van der Waals surface area (Å²) in [6.45, 7) is 11.0. The van der Waals surface area contributed by atoms with E-state index < -0.39 is 5.60 Å². The van der Waals surface area contributed by atoms with Gasteiger partial charge in [0.15, 0.2) is 0 Å². The molecule has 4 heteroatoms. The summed E-state index contributed by atoms with van der Waals surface area (Å²) in [5.41, 5.74) is 0.211. The lowest BCUT2D eigenvalue weighted by Crippen LogP contribution is -2.35. The van der Waals surface area contributed by atoms with Gasteiger partial charge in [-0.2, -0.15) is 0 Å². The molecule has 0 bridgehead atoms. The first-order valence-corrected chi connectivity index (χ1v) is 7.39. The number of hydrogen-bond acceptors (Lipinski definition) is 3. The molecule has 0 fully saturated rings. The van der Waals surface area contributed by atoms with Gasteiger partial charge in [-0.3, -0.25) is 0 Å². The molecule has 0 spiro atoms. The quantitative estimate of drug-likeness (QED) is 0.840. The van der Waals surface area contributed by atoms with Gasteiger partial charge in [-0.1, -0.05) is 18.5 Å². The molecule has 0 aliphatic rings. The molecule has 20 heavy (non-hydrogen) atoms. The maximum atomic E-state index is 10.0. The standard InChI is InChI=1S/C16H26ClNO2/c1-6-16(5,19)11-20-14-8-7-13(17)9-12(14)10-18-15(2,3)4/h7-9,18-19H,6,10-11H2,1-5H3. The number of rotatable bonds is 6. The Balaban J connectivity index is 2.79. The molecule has 1 atom stereocenters. The monoisotopic (exact) mass is 299 g/mol. The Morgan fingerprint density at radius 2 is 1.90 bits per heavy atom. The van der Waals surface area contributed by atoms with Crippen molar-refractivity contribution in [3.63, 3.8) is 0 Å². The highest BCUT2D eigenvalue weighted by Gasteiger charge is 2.19. The zero-order chi connectivity index (χ0) is 15.4. The first-order valence-electron chi connectivity index (χ1n) is 7.01. The van der Waals surface area contributed by atoms with Crippen molar-refractivity contribution in [3.05, 3.63) is 28.8 Å². The van der Waals surface area contributed by atoms with Gasteiger partial charge in [0.05, 0.1) is 5.60 Å². The summed E-state index contributed by atoms with van der Waals surface area (Å²) in [6, 6.07) is 5.56. The lowest BCUT2D eigenvalue weighted by molar-refractivity contribution is 0.00813. The molecule has 114 valence electrons. The third-order valence-corrected chi connectivity index (χ3v) is 3.37. The predicted octanol–water partition coefficient (Wildman–Crippen LogP) is 3.77. The first kappa shape index (κ1) is 17.3. The summed E-state index contributed by atoms with van der Waals surface area (Å²) < 4.78 is 5.76. The van der Waals surface area contributed by atoms with Crippen molar-refractivity contribution in [1.29, 1.82) is 0 Å². The van der Waals surface area contributed by atoms with Gasteiger partial charge in [-0.25, -0.2) is 0 Å². The first-order chi connectivity index (χ1) is 9.13. The molecule has 0 amide bonds. The van der Waals surface area contributed by atoms with Gasteiger partial charge in [-0.05, 0) is 52.3 Å². The summed E-state index contributed by atoms with van der Waals surface area (Å²) in [4.78, 5) is 0. The fourth-order valence-electron chi connectivity index (χ4n) is 1.52. The molecular weight excluding hydrogens is 274 g/mol. The van der Waals surface area contributed by atoms with Crippen LogP contribution in [0, 0.1) is 0 Å². The third-order valence-electron chi connectivity index (χ3n) is 3.13. The van der Waals surface area contributed by atoms with Crippen LogP contribution < -0.4 is 10.1 Å². The van der Waals surface area contributed by atoms with Crippen LogP contribution in [0.1, 0.15) is 46.6 Å². The van der Waals surface area contributed by atoms with Crippen molar-refractivity contribution in [2.24, 2.45) is 0 Å². The van der Waals surface area contributed by atoms with Crippen LogP contribution in [0.5, 0.6) is 5.75 Å². The Kier molecular flexibility index (Phi) is 5.87. The SMILES string of the molecule is CCC(C)(O)COc1ccc(Cl)cc1CNC(C)(C)C. The van der Waals surface area contributed by atoms with Crippen molar-refractivity contribution < 1.29 is 9.84 Å². The maximum absolute atomic E-state index is 10.0. The normalized spacial score (nSPS) is 14.9. The summed E-state index contributed by atoms with van der Waals surface area (Å²) >= 11 is 6.05. The molecular formula is C16H26ClNO2. The second-order valence-electron chi connectivity index (χ2n) is 6.49. The Morgan fingerprint density at radius 3 is 2.45 bits per heavy atom. The van der Waals surface area contributed by atoms with Gasteiger partial charge in [0, 0.05) is 22.7 Å². The van der Waals surface area contributed by atoms with Gasteiger partial charge in [0.1, 0.15) is 12.4 Å². The minimum Gasteiger partial charge on any atom is -0.490 e. The highest BCUT2D eigenvalue weighted by molar-refractivity contribution is 6.30. The Bertz CT molecular complexity index is 439. The van der Waals surface area contributed by atoms with Crippen LogP contribution >= 0.6 is 11.6 Å². The summed E-state index contributed by atoms with van der Waals surface area (Å²) in [5.74, 6) is 0.764. The van der Waals surface area contributed by atoms with E-state index in [1.807, 2.05) is 19.1 Å². The van der Waals surface area contributed by atoms with Crippen LogP contribution in [0.2, 0.25) is 5.02 Å².